The maximum absolute atomic E-state index is 12.3. The molecule has 1 aromatic carbocycles. The highest BCUT2D eigenvalue weighted by atomic mass is 127. The Bertz CT molecular complexity index is 235. The van der Waals surface area contributed by atoms with Gasteiger partial charge in [-0.05, 0) is 34.7 Å². The van der Waals surface area contributed by atoms with Crippen LogP contribution in [-0.4, -0.2) is 10.2 Å². The van der Waals surface area contributed by atoms with E-state index in [1.807, 2.05) is 0 Å². The Morgan fingerprint density at radius 3 is 2.30 bits per heavy atom. The summed E-state index contributed by atoms with van der Waals surface area (Å²) in [7, 11) is 0. The van der Waals surface area contributed by atoms with Crippen molar-refractivity contribution < 1.29 is 14.6 Å². The van der Waals surface area contributed by atoms with E-state index in [2.05, 4.69) is 0 Å². The molecule has 0 aliphatic carbocycles. The molecule has 54 valence electrons. The Kier molecular flexibility index (Phi) is 1.98. The van der Waals surface area contributed by atoms with E-state index >= 15 is 0 Å². The van der Waals surface area contributed by atoms with Crippen LogP contribution in [0.4, 0.5) is 4.39 Å². The van der Waals surface area contributed by atoms with Gasteiger partial charge in [0, 0.05) is 0 Å². The number of halogens is 2. The molecule has 1 aromatic rings. The van der Waals surface area contributed by atoms with E-state index in [4.69, 9.17) is 10.2 Å². The quantitative estimate of drug-likeness (QED) is 0.547. The Morgan fingerprint density at radius 1 is 1.20 bits per heavy atom. The van der Waals surface area contributed by atoms with Crippen LogP contribution in [0.5, 0.6) is 11.5 Å². The monoisotopic (exact) mass is 254 g/mol. The molecule has 0 bridgehead atoms. The first-order chi connectivity index (χ1) is 4.63. The van der Waals surface area contributed by atoms with Gasteiger partial charge >= 0.3 is 0 Å². The first-order valence-electron chi connectivity index (χ1n) is 2.49. The summed E-state index contributed by atoms with van der Waals surface area (Å²) in [4.78, 5) is 0. The molecule has 0 aliphatic rings. The van der Waals surface area contributed by atoms with Crippen LogP contribution in [0.3, 0.4) is 0 Å². The van der Waals surface area contributed by atoms with Gasteiger partial charge in [-0.3, -0.25) is 0 Å². The molecule has 0 aromatic heterocycles. The summed E-state index contributed by atoms with van der Waals surface area (Å²) in [5, 5.41) is 17.6. The van der Waals surface area contributed by atoms with Crippen molar-refractivity contribution in [2.45, 2.75) is 0 Å². The number of phenols is 2. The van der Waals surface area contributed by atoms with Gasteiger partial charge in [-0.1, -0.05) is 0 Å². The van der Waals surface area contributed by atoms with Crippen LogP contribution in [0.15, 0.2) is 12.1 Å². The second kappa shape index (κ2) is 2.61. The molecule has 0 radical (unpaired) electrons. The maximum atomic E-state index is 12.3. The number of phenolic OH excluding ortho intramolecular Hbond substituents is 2. The third kappa shape index (κ3) is 1.16. The van der Waals surface area contributed by atoms with Crippen molar-refractivity contribution in [3.05, 3.63) is 21.5 Å². The third-order valence-corrected chi connectivity index (χ3v) is 1.92. The number of hydrogen-bond acceptors (Lipinski definition) is 2. The summed E-state index contributed by atoms with van der Waals surface area (Å²) >= 11 is 1.79. The molecule has 0 atom stereocenters. The van der Waals surface area contributed by atoms with Crippen LogP contribution >= 0.6 is 22.6 Å². The fourth-order valence-corrected chi connectivity index (χ4v) is 0.966. The lowest BCUT2D eigenvalue weighted by atomic mass is 10.3. The molecule has 4 heteroatoms. The summed E-state index contributed by atoms with van der Waals surface area (Å²) in [6.07, 6.45) is 0. The van der Waals surface area contributed by atoms with E-state index < -0.39 is 17.3 Å². The van der Waals surface area contributed by atoms with Crippen LogP contribution in [0.1, 0.15) is 0 Å². The van der Waals surface area contributed by atoms with Gasteiger partial charge in [0.05, 0.1) is 3.57 Å². The molecular weight excluding hydrogens is 250 g/mol. The average Bonchev–Trinajstić information content (AvgIpc) is 1.93. The van der Waals surface area contributed by atoms with Gasteiger partial charge in [-0.15, -0.1) is 0 Å². The predicted octanol–water partition coefficient (Wildman–Crippen LogP) is 1.84. The van der Waals surface area contributed by atoms with Gasteiger partial charge in [0.1, 0.15) is 0 Å². The summed E-state index contributed by atoms with van der Waals surface area (Å²) < 4.78 is 12.8. The molecule has 10 heavy (non-hydrogen) atoms. The zero-order chi connectivity index (χ0) is 7.72. The smallest absolute Gasteiger partial charge is 0.195 e. The first-order valence-corrected chi connectivity index (χ1v) is 3.56. The molecule has 1 rings (SSSR count). The molecule has 2 N–H and O–H groups in total. The topological polar surface area (TPSA) is 40.5 Å². The molecular formula is C6H4FIO2. The van der Waals surface area contributed by atoms with Crippen molar-refractivity contribution in [2.75, 3.05) is 0 Å². The van der Waals surface area contributed by atoms with Gasteiger partial charge in [0.2, 0.25) is 0 Å². The zero-order valence-corrected chi connectivity index (χ0v) is 6.96. The lowest BCUT2D eigenvalue weighted by Gasteiger charge is -1.99. The summed E-state index contributed by atoms with van der Waals surface area (Å²) in [6, 6.07) is 2.47. The van der Waals surface area contributed by atoms with E-state index in [9.17, 15) is 4.39 Å². The van der Waals surface area contributed by atoms with Crippen LogP contribution in [-0.2, 0) is 0 Å². The van der Waals surface area contributed by atoms with Gasteiger partial charge in [0.15, 0.2) is 17.3 Å². The summed E-state index contributed by atoms with van der Waals surface area (Å²) in [6.45, 7) is 0. The largest absolute Gasteiger partial charge is 0.503 e. The van der Waals surface area contributed by atoms with Gasteiger partial charge < -0.3 is 10.2 Å². The Hall–Kier alpha value is -0.520. The fraction of sp³-hybridized carbons (Fsp3) is 0. The van der Waals surface area contributed by atoms with Gasteiger partial charge in [0.25, 0.3) is 0 Å². The third-order valence-electron chi connectivity index (χ3n) is 1.05. The number of hydrogen-bond donors (Lipinski definition) is 2. The van der Waals surface area contributed by atoms with E-state index in [-0.39, 0.29) is 0 Å². The lowest BCUT2D eigenvalue weighted by Crippen LogP contribution is -1.79. The highest BCUT2D eigenvalue weighted by molar-refractivity contribution is 14.1. The molecule has 0 fully saturated rings. The second-order valence-corrected chi connectivity index (χ2v) is 2.89. The Labute approximate surface area is 70.4 Å². The maximum Gasteiger partial charge on any atom is 0.195 e. The van der Waals surface area contributed by atoms with E-state index in [1.165, 1.54) is 6.07 Å². The van der Waals surface area contributed by atoms with E-state index in [0.717, 1.165) is 6.07 Å². The van der Waals surface area contributed by atoms with Crippen molar-refractivity contribution in [1.82, 2.24) is 0 Å². The van der Waals surface area contributed by atoms with Crippen molar-refractivity contribution in [1.29, 1.82) is 0 Å². The lowest BCUT2D eigenvalue weighted by molar-refractivity contribution is 0.377. The van der Waals surface area contributed by atoms with Crippen molar-refractivity contribution in [2.24, 2.45) is 0 Å². The Morgan fingerprint density at radius 2 is 1.80 bits per heavy atom. The summed E-state index contributed by atoms with van der Waals surface area (Å²) in [5.41, 5.74) is 0. The predicted molar refractivity (Wildman–Crippen MR) is 42.4 cm³/mol. The van der Waals surface area contributed by atoms with E-state index in [1.54, 1.807) is 22.6 Å². The first kappa shape index (κ1) is 7.59. The molecule has 0 saturated heterocycles. The zero-order valence-electron chi connectivity index (χ0n) is 4.81. The minimum atomic E-state index is -0.807. The van der Waals surface area contributed by atoms with E-state index in [0.29, 0.717) is 3.57 Å². The van der Waals surface area contributed by atoms with Crippen LogP contribution in [0.25, 0.3) is 0 Å². The summed E-state index contributed by atoms with van der Waals surface area (Å²) in [5.74, 6) is -1.90. The van der Waals surface area contributed by atoms with Crippen LogP contribution < -0.4 is 0 Å². The molecule has 0 aliphatic heterocycles. The standard InChI is InChI=1S/C6H4FIO2/c7-3-1-2-4(8)6(10)5(3)9/h1-2,9-10H. The fourth-order valence-electron chi connectivity index (χ4n) is 0.530. The highest BCUT2D eigenvalue weighted by Crippen LogP contribution is 2.31. The number of benzene rings is 1. The molecule has 0 saturated carbocycles. The molecule has 0 spiro atoms. The minimum absolute atomic E-state index is 0.402. The van der Waals surface area contributed by atoms with Crippen molar-refractivity contribution in [3.63, 3.8) is 0 Å². The van der Waals surface area contributed by atoms with Gasteiger partial charge in [-0.25, -0.2) is 4.39 Å². The number of rotatable bonds is 0. The molecule has 2 nitrogen and oxygen atoms in total. The number of aromatic hydroxyl groups is 2. The highest BCUT2D eigenvalue weighted by Gasteiger charge is 2.08. The SMILES string of the molecule is Oc1c(F)ccc(I)c1O. The normalized spacial score (nSPS) is 9.80. The van der Waals surface area contributed by atoms with Crippen LogP contribution in [0.2, 0.25) is 0 Å². The second-order valence-electron chi connectivity index (χ2n) is 1.73. The molecule has 0 heterocycles. The van der Waals surface area contributed by atoms with Crippen molar-refractivity contribution in [3.8, 4) is 11.5 Å². The molecule has 0 amide bonds. The molecule has 0 unspecified atom stereocenters. The Balaban J connectivity index is 3.34. The minimum Gasteiger partial charge on any atom is -0.503 e. The van der Waals surface area contributed by atoms with Crippen LogP contribution in [0, 0.1) is 9.39 Å². The van der Waals surface area contributed by atoms with Gasteiger partial charge in [-0.2, -0.15) is 0 Å². The average molecular weight is 254 g/mol. The van der Waals surface area contributed by atoms with Crippen molar-refractivity contribution >= 4 is 22.6 Å².